The summed E-state index contributed by atoms with van der Waals surface area (Å²) in [5.41, 5.74) is 1.34. The minimum Gasteiger partial charge on any atom is -0.373 e. The van der Waals surface area contributed by atoms with E-state index in [-0.39, 0.29) is 11.5 Å². The van der Waals surface area contributed by atoms with Crippen LogP contribution in [0.3, 0.4) is 0 Å². The molecule has 0 aliphatic carbocycles. The van der Waals surface area contributed by atoms with E-state index in [1.54, 1.807) is 6.07 Å². The molecule has 7 heteroatoms. The highest BCUT2D eigenvalue weighted by atomic mass is 35.5. The van der Waals surface area contributed by atoms with Gasteiger partial charge in [-0.25, -0.2) is 4.68 Å². The van der Waals surface area contributed by atoms with E-state index >= 15 is 0 Å². The largest absolute Gasteiger partial charge is 0.373 e. The van der Waals surface area contributed by atoms with E-state index in [0.29, 0.717) is 10.0 Å². The Morgan fingerprint density at radius 3 is 2.39 bits per heavy atom. The molecule has 5 nitrogen and oxygen atoms in total. The Labute approximate surface area is 194 Å². The van der Waals surface area contributed by atoms with Crippen molar-refractivity contribution in [3.63, 3.8) is 0 Å². The Kier molecular flexibility index (Phi) is 7.07. The third-order valence-corrected chi connectivity index (χ3v) is 6.02. The lowest BCUT2D eigenvalue weighted by Gasteiger charge is -2.34. The van der Waals surface area contributed by atoms with Crippen molar-refractivity contribution in [2.75, 3.05) is 5.32 Å². The first-order valence-electron chi connectivity index (χ1n) is 10.4. The van der Waals surface area contributed by atoms with E-state index in [1.807, 2.05) is 53.2 Å². The molecule has 3 aromatic rings. The first-order chi connectivity index (χ1) is 14.6. The number of aromatic nitrogens is 4. The molecule has 2 aromatic carbocycles. The highest BCUT2D eigenvalue weighted by Gasteiger charge is 2.36. The number of halogens is 2. The molecule has 31 heavy (non-hydrogen) atoms. The molecule has 0 fully saturated rings. The Hall–Kier alpha value is -2.37. The normalized spacial score (nSPS) is 15.1. The van der Waals surface area contributed by atoms with Crippen LogP contribution in [0.2, 0.25) is 10.0 Å². The standard InChI is InChI=1S/C24H29Cl2N5/c1-6-24(5,27-19-10-8-7-9-11-19)22-28-29-30-31(22)21(23(2,3)4)15-13-17-12-14-18(25)16-20(17)26/h7-16,21,27H,6H2,1-5H3/b15-13-. The van der Waals surface area contributed by atoms with Crippen LogP contribution in [-0.2, 0) is 5.54 Å². The van der Waals surface area contributed by atoms with Crippen molar-refractivity contribution in [2.45, 2.75) is 52.6 Å². The Morgan fingerprint density at radius 1 is 1.06 bits per heavy atom. The maximum atomic E-state index is 6.38. The molecule has 0 saturated heterocycles. The van der Waals surface area contributed by atoms with Crippen LogP contribution in [0.4, 0.5) is 5.69 Å². The summed E-state index contributed by atoms with van der Waals surface area (Å²) < 4.78 is 1.92. The van der Waals surface area contributed by atoms with Crippen molar-refractivity contribution in [1.82, 2.24) is 20.2 Å². The second kappa shape index (κ2) is 9.41. The molecule has 0 radical (unpaired) electrons. The van der Waals surface area contributed by atoms with Gasteiger partial charge in [0.05, 0.1) is 11.6 Å². The van der Waals surface area contributed by atoms with Crippen LogP contribution < -0.4 is 5.32 Å². The molecule has 0 saturated carbocycles. The Morgan fingerprint density at radius 2 is 1.77 bits per heavy atom. The van der Waals surface area contributed by atoms with Crippen LogP contribution in [0.1, 0.15) is 58.5 Å². The molecule has 0 bridgehead atoms. The number of nitrogens with zero attached hydrogens (tertiary/aromatic N) is 4. The van der Waals surface area contributed by atoms with E-state index in [0.717, 1.165) is 23.5 Å². The number of hydrogen-bond acceptors (Lipinski definition) is 4. The van der Waals surface area contributed by atoms with Crippen molar-refractivity contribution in [3.05, 3.63) is 76.0 Å². The molecule has 0 aliphatic rings. The van der Waals surface area contributed by atoms with Crippen molar-refractivity contribution in [3.8, 4) is 0 Å². The summed E-state index contributed by atoms with van der Waals surface area (Å²) in [4.78, 5) is 0. The van der Waals surface area contributed by atoms with Gasteiger partial charge in [0.2, 0.25) is 0 Å². The van der Waals surface area contributed by atoms with Gasteiger partial charge in [-0.05, 0) is 59.0 Å². The van der Waals surface area contributed by atoms with Crippen LogP contribution in [-0.4, -0.2) is 20.2 Å². The lowest BCUT2D eigenvalue weighted by Crippen LogP contribution is -2.37. The summed E-state index contributed by atoms with van der Waals surface area (Å²) in [6.07, 6.45) is 4.92. The molecule has 1 aromatic heterocycles. The van der Waals surface area contributed by atoms with Gasteiger partial charge in [0.25, 0.3) is 0 Å². The van der Waals surface area contributed by atoms with E-state index < -0.39 is 5.54 Å². The van der Waals surface area contributed by atoms with Crippen molar-refractivity contribution < 1.29 is 0 Å². The quantitative estimate of drug-likeness (QED) is 0.413. The zero-order valence-corrected chi connectivity index (χ0v) is 20.1. The number of para-hydroxylation sites is 1. The number of hydrogen-bond donors (Lipinski definition) is 1. The van der Waals surface area contributed by atoms with E-state index in [4.69, 9.17) is 23.2 Å². The number of tetrazole rings is 1. The fourth-order valence-electron chi connectivity index (χ4n) is 3.46. The second-order valence-corrected chi connectivity index (χ2v) is 9.80. The number of allylic oxidation sites excluding steroid dienone is 1. The smallest absolute Gasteiger partial charge is 0.177 e. The van der Waals surface area contributed by atoms with Gasteiger partial charge in [-0.2, -0.15) is 0 Å². The molecule has 3 rings (SSSR count). The summed E-state index contributed by atoms with van der Waals surface area (Å²) in [6.45, 7) is 10.8. The van der Waals surface area contributed by atoms with Gasteiger partial charge in [-0.1, -0.05) is 87.3 Å². The number of rotatable bonds is 7. The van der Waals surface area contributed by atoms with Crippen LogP contribution in [0, 0.1) is 5.41 Å². The lowest BCUT2D eigenvalue weighted by atomic mass is 9.85. The van der Waals surface area contributed by atoms with Gasteiger partial charge in [-0.3, -0.25) is 0 Å². The Bertz CT molecular complexity index is 1040. The zero-order chi connectivity index (χ0) is 22.6. The van der Waals surface area contributed by atoms with Crippen LogP contribution in [0.25, 0.3) is 6.08 Å². The third kappa shape index (κ3) is 5.46. The number of anilines is 1. The molecule has 0 amide bonds. The summed E-state index contributed by atoms with van der Waals surface area (Å²) in [5, 5.41) is 17.7. The van der Waals surface area contributed by atoms with Gasteiger partial charge in [0.1, 0.15) is 0 Å². The van der Waals surface area contributed by atoms with E-state index in [9.17, 15) is 0 Å². The van der Waals surface area contributed by atoms with Crippen LogP contribution >= 0.6 is 23.2 Å². The summed E-state index contributed by atoms with van der Waals surface area (Å²) in [7, 11) is 0. The molecule has 2 atom stereocenters. The molecular weight excluding hydrogens is 429 g/mol. The third-order valence-electron chi connectivity index (χ3n) is 5.46. The SMILES string of the molecule is CCC(C)(Nc1ccccc1)c1nnnn1C(/C=C\c1ccc(Cl)cc1Cl)C(C)(C)C. The van der Waals surface area contributed by atoms with Crippen LogP contribution in [0.15, 0.2) is 54.6 Å². The highest BCUT2D eigenvalue weighted by Crippen LogP contribution is 2.36. The fourth-order valence-corrected chi connectivity index (χ4v) is 3.93. The van der Waals surface area contributed by atoms with Crippen molar-refractivity contribution in [2.24, 2.45) is 5.41 Å². The maximum absolute atomic E-state index is 6.38. The Balaban J connectivity index is 2.00. The van der Waals surface area contributed by atoms with Gasteiger partial charge < -0.3 is 5.32 Å². The van der Waals surface area contributed by atoms with Gasteiger partial charge >= 0.3 is 0 Å². The second-order valence-electron chi connectivity index (χ2n) is 8.96. The summed E-state index contributed by atoms with van der Waals surface area (Å²) in [6, 6.07) is 15.5. The van der Waals surface area contributed by atoms with Crippen molar-refractivity contribution in [1.29, 1.82) is 0 Å². The topological polar surface area (TPSA) is 55.6 Å². The highest BCUT2D eigenvalue weighted by molar-refractivity contribution is 6.35. The predicted molar refractivity (Wildman–Crippen MR) is 130 cm³/mol. The molecule has 0 spiro atoms. The molecule has 2 unspecified atom stereocenters. The summed E-state index contributed by atoms with van der Waals surface area (Å²) in [5.74, 6) is 0.783. The maximum Gasteiger partial charge on any atom is 0.177 e. The fraction of sp³-hybridized carbons (Fsp3) is 0.375. The minimum atomic E-state index is -0.444. The van der Waals surface area contributed by atoms with Gasteiger partial charge in [0.15, 0.2) is 5.82 Å². The van der Waals surface area contributed by atoms with E-state index in [1.165, 1.54) is 0 Å². The summed E-state index contributed by atoms with van der Waals surface area (Å²) >= 11 is 12.4. The lowest BCUT2D eigenvalue weighted by molar-refractivity contribution is 0.255. The van der Waals surface area contributed by atoms with Crippen molar-refractivity contribution >= 4 is 35.0 Å². The first-order valence-corrected chi connectivity index (χ1v) is 11.1. The van der Waals surface area contributed by atoms with E-state index in [2.05, 4.69) is 61.5 Å². The van der Waals surface area contributed by atoms with Crippen LogP contribution in [0.5, 0.6) is 0 Å². The molecule has 164 valence electrons. The molecular formula is C24H29Cl2N5. The average molecular weight is 458 g/mol. The minimum absolute atomic E-state index is 0.0901. The first kappa shape index (κ1) is 23.3. The molecule has 0 aliphatic heterocycles. The molecule has 1 N–H and O–H groups in total. The zero-order valence-electron chi connectivity index (χ0n) is 18.6. The van der Waals surface area contributed by atoms with Gasteiger partial charge in [0, 0.05) is 15.7 Å². The monoisotopic (exact) mass is 457 g/mol. The van der Waals surface area contributed by atoms with Gasteiger partial charge in [-0.15, -0.1) is 5.10 Å². The molecule has 1 heterocycles. The predicted octanol–water partition coefficient (Wildman–Crippen LogP) is 7.02. The number of nitrogens with one attached hydrogen (secondary N) is 1. The average Bonchev–Trinajstić information content (AvgIpc) is 3.19. The number of benzene rings is 2.